The summed E-state index contributed by atoms with van der Waals surface area (Å²) in [7, 11) is 0. The molecule has 0 aliphatic heterocycles. The molecule has 0 aliphatic rings. The van der Waals surface area contributed by atoms with Crippen LogP contribution < -0.4 is 5.32 Å². The van der Waals surface area contributed by atoms with Crippen LogP contribution in [-0.2, 0) is 17.8 Å². The smallest absolute Gasteiger partial charge is 0.220 e. The minimum Gasteiger partial charge on any atom is -0.352 e. The lowest BCUT2D eigenvalue weighted by atomic mass is 9.88. The second-order valence-electron chi connectivity index (χ2n) is 8.34. The zero-order valence-corrected chi connectivity index (χ0v) is 17.6. The van der Waals surface area contributed by atoms with Crippen molar-refractivity contribution in [3.05, 3.63) is 102 Å². The summed E-state index contributed by atoms with van der Waals surface area (Å²) in [5, 5.41) is 13.3. The lowest BCUT2D eigenvalue weighted by Crippen LogP contribution is -2.23. The zero-order chi connectivity index (χ0) is 21.5. The standard InChI is InChI=1S/C29H22N2O/c32-27(13-10-19-14-16-30-17-15-19)31-18-21-11-12-26-24-8-2-5-20-4-1-7-23(28(20)24)25-9-3-6-22(21)29(25)26/h1-9,11-12,14-17H,10,13,18H2,(H,31,32). The van der Waals surface area contributed by atoms with Crippen molar-refractivity contribution in [2.75, 3.05) is 0 Å². The number of aromatic nitrogens is 1. The van der Waals surface area contributed by atoms with Gasteiger partial charge in [-0.2, -0.15) is 0 Å². The van der Waals surface area contributed by atoms with Gasteiger partial charge in [0, 0.05) is 25.4 Å². The number of hydrogen-bond acceptors (Lipinski definition) is 2. The van der Waals surface area contributed by atoms with E-state index in [9.17, 15) is 4.79 Å². The monoisotopic (exact) mass is 414 g/mol. The molecular formula is C29H22N2O. The number of fused-ring (bicyclic) bond motifs is 2. The van der Waals surface area contributed by atoms with Gasteiger partial charge in [-0.3, -0.25) is 9.78 Å². The van der Waals surface area contributed by atoms with Gasteiger partial charge in [0.1, 0.15) is 0 Å². The summed E-state index contributed by atoms with van der Waals surface area (Å²) in [6.07, 6.45) is 4.72. The Hall–Kier alpha value is -3.98. The van der Waals surface area contributed by atoms with Crippen LogP contribution in [0.5, 0.6) is 0 Å². The highest BCUT2D eigenvalue weighted by molar-refractivity contribution is 6.33. The zero-order valence-electron chi connectivity index (χ0n) is 17.6. The highest BCUT2D eigenvalue weighted by Crippen LogP contribution is 2.40. The maximum Gasteiger partial charge on any atom is 0.220 e. The summed E-state index contributed by atoms with van der Waals surface area (Å²) >= 11 is 0. The largest absolute Gasteiger partial charge is 0.352 e. The van der Waals surface area contributed by atoms with Gasteiger partial charge in [-0.05, 0) is 72.8 Å². The van der Waals surface area contributed by atoms with E-state index in [0.717, 1.165) is 17.5 Å². The predicted molar refractivity (Wildman–Crippen MR) is 132 cm³/mol. The molecule has 6 aromatic rings. The van der Waals surface area contributed by atoms with E-state index in [1.165, 1.54) is 43.1 Å². The Bertz CT molecular complexity index is 1540. The summed E-state index contributed by atoms with van der Waals surface area (Å²) in [5.74, 6) is 0.0670. The lowest BCUT2D eigenvalue weighted by Gasteiger charge is -2.16. The van der Waals surface area contributed by atoms with E-state index >= 15 is 0 Å². The van der Waals surface area contributed by atoms with Crippen molar-refractivity contribution in [1.82, 2.24) is 10.3 Å². The number of pyridine rings is 1. The number of carbonyl (C=O) groups excluding carboxylic acids is 1. The molecule has 1 amide bonds. The second kappa shape index (κ2) is 7.61. The average Bonchev–Trinajstić information content (AvgIpc) is 2.85. The van der Waals surface area contributed by atoms with E-state index in [4.69, 9.17) is 0 Å². The van der Waals surface area contributed by atoms with Gasteiger partial charge in [-0.1, -0.05) is 66.7 Å². The number of amides is 1. The third kappa shape index (κ3) is 3.05. The molecule has 0 unspecified atom stereocenters. The Morgan fingerprint density at radius 1 is 0.688 bits per heavy atom. The average molecular weight is 415 g/mol. The minimum atomic E-state index is 0.0670. The lowest BCUT2D eigenvalue weighted by molar-refractivity contribution is -0.121. The van der Waals surface area contributed by atoms with Crippen LogP contribution in [0, 0.1) is 0 Å². The maximum absolute atomic E-state index is 12.5. The fraction of sp³-hybridized carbons (Fsp3) is 0.103. The molecule has 0 radical (unpaired) electrons. The van der Waals surface area contributed by atoms with Gasteiger partial charge in [-0.25, -0.2) is 0 Å². The third-order valence-electron chi connectivity index (χ3n) is 6.48. The summed E-state index contributed by atoms with van der Waals surface area (Å²) in [5.41, 5.74) is 2.28. The predicted octanol–water partition coefficient (Wildman–Crippen LogP) is 6.38. The summed E-state index contributed by atoms with van der Waals surface area (Å²) in [4.78, 5) is 16.5. The van der Waals surface area contributed by atoms with E-state index < -0.39 is 0 Å². The Morgan fingerprint density at radius 3 is 2.06 bits per heavy atom. The van der Waals surface area contributed by atoms with Gasteiger partial charge in [0.15, 0.2) is 0 Å². The highest BCUT2D eigenvalue weighted by Gasteiger charge is 2.14. The minimum absolute atomic E-state index is 0.0670. The molecule has 3 heteroatoms. The molecule has 0 aliphatic carbocycles. The summed E-state index contributed by atoms with van der Waals surface area (Å²) < 4.78 is 0. The summed E-state index contributed by atoms with van der Waals surface area (Å²) in [6.45, 7) is 0.529. The van der Waals surface area contributed by atoms with Crippen LogP contribution >= 0.6 is 0 Å². The number of benzene rings is 5. The van der Waals surface area contributed by atoms with Crippen LogP contribution in [0.15, 0.2) is 91.3 Å². The first-order valence-electron chi connectivity index (χ1n) is 11.0. The van der Waals surface area contributed by atoms with Gasteiger partial charge in [-0.15, -0.1) is 0 Å². The van der Waals surface area contributed by atoms with Crippen molar-refractivity contribution in [2.45, 2.75) is 19.4 Å². The number of nitrogens with zero attached hydrogens (tertiary/aromatic N) is 1. The number of carbonyl (C=O) groups is 1. The molecule has 1 aromatic heterocycles. The molecule has 154 valence electrons. The normalized spacial score (nSPS) is 11.6. The van der Waals surface area contributed by atoms with E-state index in [1.54, 1.807) is 12.4 Å². The van der Waals surface area contributed by atoms with Gasteiger partial charge >= 0.3 is 0 Å². The van der Waals surface area contributed by atoms with E-state index in [0.29, 0.717) is 13.0 Å². The Labute approximate surface area is 186 Å². The first kappa shape index (κ1) is 18.8. The van der Waals surface area contributed by atoms with Crippen LogP contribution in [0.25, 0.3) is 43.1 Å². The molecule has 5 aromatic carbocycles. The topological polar surface area (TPSA) is 42.0 Å². The molecule has 0 saturated heterocycles. The Kier molecular flexibility index (Phi) is 4.46. The number of hydrogen-bond donors (Lipinski definition) is 1. The molecule has 0 fully saturated rings. The number of nitrogens with one attached hydrogen (secondary N) is 1. The molecule has 6 rings (SSSR count). The first-order chi connectivity index (χ1) is 15.8. The van der Waals surface area contributed by atoms with Crippen molar-refractivity contribution >= 4 is 49.0 Å². The Morgan fingerprint density at radius 2 is 1.31 bits per heavy atom. The highest BCUT2D eigenvalue weighted by atomic mass is 16.1. The molecule has 1 heterocycles. The number of rotatable bonds is 5. The van der Waals surface area contributed by atoms with Crippen LogP contribution in [0.3, 0.4) is 0 Å². The van der Waals surface area contributed by atoms with Crippen molar-refractivity contribution in [3.8, 4) is 0 Å². The Balaban J connectivity index is 1.37. The van der Waals surface area contributed by atoms with Crippen molar-refractivity contribution < 1.29 is 4.79 Å². The first-order valence-corrected chi connectivity index (χ1v) is 11.0. The quantitative estimate of drug-likeness (QED) is 0.263. The molecule has 0 atom stereocenters. The van der Waals surface area contributed by atoms with Gasteiger partial charge in [0.05, 0.1) is 0 Å². The van der Waals surface area contributed by atoms with Crippen LogP contribution in [0.4, 0.5) is 0 Å². The third-order valence-corrected chi connectivity index (χ3v) is 6.48. The van der Waals surface area contributed by atoms with E-state index in [1.807, 2.05) is 12.1 Å². The maximum atomic E-state index is 12.5. The molecular weight excluding hydrogens is 392 g/mol. The van der Waals surface area contributed by atoms with Crippen molar-refractivity contribution in [2.24, 2.45) is 0 Å². The SMILES string of the molecule is O=C(CCc1ccncc1)NCc1ccc2c3cccc4cccc(c5cccc1c52)c43. The van der Waals surface area contributed by atoms with Gasteiger partial charge in [0.25, 0.3) is 0 Å². The molecule has 0 saturated carbocycles. The molecule has 1 N–H and O–H groups in total. The van der Waals surface area contributed by atoms with Crippen molar-refractivity contribution in [3.63, 3.8) is 0 Å². The van der Waals surface area contributed by atoms with E-state index in [-0.39, 0.29) is 5.91 Å². The fourth-order valence-corrected chi connectivity index (χ4v) is 4.95. The second-order valence-corrected chi connectivity index (χ2v) is 8.34. The van der Waals surface area contributed by atoms with Gasteiger partial charge in [0.2, 0.25) is 5.91 Å². The van der Waals surface area contributed by atoms with Crippen molar-refractivity contribution in [1.29, 1.82) is 0 Å². The van der Waals surface area contributed by atoms with Gasteiger partial charge < -0.3 is 5.32 Å². The van der Waals surface area contributed by atoms with E-state index in [2.05, 4.69) is 77.0 Å². The van der Waals surface area contributed by atoms with Crippen LogP contribution in [-0.4, -0.2) is 10.9 Å². The number of aryl methyl sites for hydroxylation is 1. The van der Waals surface area contributed by atoms with Crippen LogP contribution in [0.1, 0.15) is 17.5 Å². The van der Waals surface area contributed by atoms with Crippen LogP contribution in [0.2, 0.25) is 0 Å². The molecule has 0 bridgehead atoms. The summed E-state index contributed by atoms with van der Waals surface area (Å²) in [6, 6.07) is 27.9. The fourth-order valence-electron chi connectivity index (χ4n) is 4.95. The molecule has 0 spiro atoms. The molecule has 32 heavy (non-hydrogen) atoms. The molecule has 3 nitrogen and oxygen atoms in total.